The quantitative estimate of drug-likeness (QED) is 0.810. The molecule has 2 amide bonds. The van der Waals surface area contributed by atoms with Gasteiger partial charge in [0.15, 0.2) is 0 Å². The molecule has 3 rings (SSSR count). The number of hydrogen-bond acceptors (Lipinski definition) is 5. The lowest BCUT2D eigenvalue weighted by molar-refractivity contribution is -0.135. The van der Waals surface area contributed by atoms with E-state index in [1.54, 1.807) is 23.3 Å². The predicted octanol–water partition coefficient (Wildman–Crippen LogP) is 2.52. The monoisotopic (exact) mass is 373 g/mol. The number of aromatic nitrogens is 1. The molecule has 0 radical (unpaired) electrons. The van der Waals surface area contributed by atoms with Gasteiger partial charge in [-0.15, -0.1) is 11.3 Å². The second-order valence-electron chi connectivity index (χ2n) is 6.19. The highest BCUT2D eigenvalue weighted by atomic mass is 32.1. The van der Waals surface area contributed by atoms with Gasteiger partial charge in [-0.3, -0.25) is 9.59 Å². The van der Waals surface area contributed by atoms with E-state index in [9.17, 15) is 9.59 Å². The molecule has 26 heavy (non-hydrogen) atoms. The van der Waals surface area contributed by atoms with Gasteiger partial charge in [0.2, 0.25) is 11.8 Å². The van der Waals surface area contributed by atoms with E-state index >= 15 is 0 Å². The van der Waals surface area contributed by atoms with Crippen molar-refractivity contribution in [3.63, 3.8) is 0 Å². The van der Waals surface area contributed by atoms with E-state index in [1.165, 1.54) is 0 Å². The smallest absolute Gasteiger partial charge is 0.243 e. The number of hydrogen-bond donors (Lipinski definition) is 1. The molecule has 2 aromatic rings. The van der Waals surface area contributed by atoms with Crippen LogP contribution in [-0.2, 0) is 29.1 Å². The Morgan fingerprint density at radius 2 is 2.23 bits per heavy atom. The van der Waals surface area contributed by atoms with Crippen LogP contribution in [0.5, 0.6) is 5.75 Å². The van der Waals surface area contributed by atoms with Crippen molar-refractivity contribution in [3.8, 4) is 5.75 Å². The largest absolute Gasteiger partial charge is 0.496 e. The summed E-state index contributed by atoms with van der Waals surface area (Å²) in [5.41, 5.74) is 1.76. The molecule has 1 N–H and O–H groups in total. The molecule has 0 aliphatic carbocycles. The summed E-state index contributed by atoms with van der Waals surface area (Å²) >= 11 is 1.60. The molecule has 0 bridgehead atoms. The van der Waals surface area contributed by atoms with Gasteiger partial charge in [-0.1, -0.05) is 25.1 Å². The lowest BCUT2D eigenvalue weighted by atomic mass is 10.1. The van der Waals surface area contributed by atoms with Crippen molar-refractivity contribution in [2.24, 2.45) is 0 Å². The molecule has 0 saturated carbocycles. The van der Waals surface area contributed by atoms with Crippen LogP contribution in [0.1, 0.15) is 36.0 Å². The summed E-state index contributed by atoms with van der Waals surface area (Å²) in [6.45, 7) is 2.82. The average molecular weight is 373 g/mol. The van der Waals surface area contributed by atoms with Crippen molar-refractivity contribution in [1.82, 2.24) is 15.2 Å². The maximum atomic E-state index is 12.6. The van der Waals surface area contributed by atoms with E-state index in [1.807, 2.05) is 29.6 Å². The highest BCUT2D eigenvalue weighted by Gasteiger charge is 2.36. The second kappa shape index (κ2) is 8.31. The molecule has 1 saturated heterocycles. The third kappa shape index (κ3) is 4.04. The fourth-order valence-corrected chi connectivity index (χ4v) is 3.85. The van der Waals surface area contributed by atoms with E-state index in [0.29, 0.717) is 25.9 Å². The number of methoxy groups -OCH3 is 1. The number of nitrogens with zero attached hydrogens (tertiary/aromatic N) is 2. The Balaban J connectivity index is 1.65. The molecular formula is C19H23N3O3S. The molecule has 1 fully saturated rings. The SMILES string of the molecule is CCc1nc(CNC(=O)C2CCC(=O)N2Cc2ccccc2OC)cs1. The van der Waals surface area contributed by atoms with Crippen molar-refractivity contribution in [3.05, 3.63) is 45.9 Å². The minimum absolute atomic E-state index is 0.00187. The number of likely N-dealkylation sites (tertiary alicyclic amines) is 1. The minimum atomic E-state index is -0.448. The summed E-state index contributed by atoms with van der Waals surface area (Å²) < 4.78 is 5.36. The number of aryl methyl sites for hydroxylation is 1. The van der Waals surface area contributed by atoms with Crippen LogP contribution in [0, 0.1) is 0 Å². The first-order valence-corrected chi connectivity index (χ1v) is 9.62. The number of carbonyl (C=O) groups excluding carboxylic acids is 2. The molecule has 1 aliphatic rings. The van der Waals surface area contributed by atoms with E-state index in [2.05, 4.69) is 17.2 Å². The van der Waals surface area contributed by atoms with E-state index in [4.69, 9.17) is 4.74 Å². The highest BCUT2D eigenvalue weighted by Crippen LogP contribution is 2.26. The Morgan fingerprint density at radius 3 is 2.96 bits per heavy atom. The number of thiazole rings is 1. The van der Waals surface area contributed by atoms with Crippen molar-refractivity contribution in [1.29, 1.82) is 0 Å². The lowest BCUT2D eigenvalue weighted by Crippen LogP contribution is -2.44. The third-order valence-electron chi connectivity index (χ3n) is 4.51. The fourth-order valence-electron chi connectivity index (χ4n) is 3.11. The van der Waals surface area contributed by atoms with Gasteiger partial charge in [-0.2, -0.15) is 0 Å². The molecule has 1 aliphatic heterocycles. The van der Waals surface area contributed by atoms with Gasteiger partial charge in [-0.25, -0.2) is 4.98 Å². The van der Waals surface area contributed by atoms with Crippen LogP contribution in [-0.4, -0.2) is 34.8 Å². The number of amides is 2. The molecule has 7 heteroatoms. The van der Waals surface area contributed by atoms with Crippen LogP contribution in [0.3, 0.4) is 0 Å². The zero-order valence-corrected chi connectivity index (χ0v) is 15.8. The number of para-hydroxylation sites is 1. The lowest BCUT2D eigenvalue weighted by Gasteiger charge is -2.24. The Labute approximate surface area is 157 Å². The van der Waals surface area contributed by atoms with Gasteiger partial charge >= 0.3 is 0 Å². The number of carbonyl (C=O) groups is 2. The van der Waals surface area contributed by atoms with Gasteiger partial charge in [0.1, 0.15) is 11.8 Å². The zero-order valence-electron chi connectivity index (χ0n) is 15.0. The Kier molecular flexibility index (Phi) is 5.88. The van der Waals surface area contributed by atoms with Gasteiger partial charge < -0.3 is 15.0 Å². The van der Waals surface area contributed by atoms with Crippen LogP contribution in [0.15, 0.2) is 29.6 Å². The van der Waals surface area contributed by atoms with Crippen molar-refractivity contribution >= 4 is 23.2 Å². The van der Waals surface area contributed by atoms with Gasteiger partial charge in [0, 0.05) is 17.4 Å². The molecule has 6 nitrogen and oxygen atoms in total. The molecule has 0 spiro atoms. The first-order valence-electron chi connectivity index (χ1n) is 8.74. The van der Waals surface area contributed by atoms with E-state index < -0.39 is 6.04 Å². The van der Waals surface area contributed by atoms with Crippen molar-refractivity contribution < 1.29 is 14.3 Å². The minimum Gasteiger partial charge on any atom is -0.496 e. The Hall–Kier alpha value is -2.41. The molecule has 1 aromatic heterocycles. The van der Waals surface area contributed by atoms with E-state index in [0.717, 1.165) is 28.4 Å². The van der Waals surface area contributed by atoms with Crippen LogP contribution in [0.2, 0.25) is 0 Å². The van der Waals surface area contributed by atoms with Crippen LogP contribution >= 0.6 is 11.3 Å². The summed E-state index contributed by atoms with van der Waals surface area (Å²) in [5.74, 6) is 0.593. The Morgan fingerprint density at radius 1 is 1.42 bits per heavy atom. The fraction of sp³-hybridized carbons (Fsp3) is 0.421. The molecule has 1 aromatic carbocycles. The molecular weight excluding hydrogens is 350 g/mol. The number of benzene rings is 1. The summed E-state index contributed by atoms with van der Waals surface area (Å²) in [5, 5.41) is 5.95. The second-order valence-corrected chi connectivity index (χ2v) is 7.13. The van der Waals surface area contributed by atoms with Crippen molar-refractivity contribution in [2.45, 2.75) is 45.3 Å². The maximum absolute atomic E-state index is 12.6. The number of ether oxygens (including phenoxy) is 1. The number of rotatable bonds is 7. The highest BCUT2D eigenvalue weighted by molar-refractivity contribution is 7.09. The molecule has 2 heterocycles. The standard InChI is InChI=1S/C19H23N3O3S/c1-3-17-21-14(12-26-17)10-20-19(24)15-8-9-18(23)22(15)11-13-6-4-5-7-16(13)25-2/h4-7,12,15H,3,8-11H2,1-2H3,(H,20,24). The molecule has 138 valence electrons. The van der Waals surface area contributed by atoms with E-state index in [-0.39, 0.29) is 11.8 Å². The van der Waals surface area contributed by atoms with Gasteiger partial charge in [0.05, 0.1) is 30.9 Å². The molecule has 1 unspecified atom stereocenters. The Bertz CT molecular complexity index is 790. The predicted molar refractivity (Wildman–Crippen MR) is 99.9 cm³/mol. The van der Waals surface area contributed by atoms with Gasteiger partial charge in [0.25, 0.3) is 0 Å². The van der Waals surface area contributed by atoms with Crippen LogP contribution in [0.25, 0.3) is 0 Å². The maximum Gasteiger partial charge on any atom is 0.243 e. The summed E-state index contributed by atoms with van der Waals surface area (Å²) in [6, 6.07) is 7.12. The van der Waals surface area contributed by atoms with Crippen LogP contribution < -0.4 is 10.1 Å². The summed E-state index contributed by atoms with van der Waals surface area (Å²) in [7, 11) is 1.60. The number of nitrogens with one attached hydrogen (secondary N) is 1. The average Bonchev–Trinajstić information content (AvgIpc) is 3.27. The first kappa shape index (κ1) is 18.4. The van der Waals surface area contributed by atoms with Crippen LogP contribution in [0.4, 0.5) is 0 Å². The van der Waals surface area contributed by atoms with Crippen molar-refractivity contribution in [2.75, 3.05) is 7.11 Å². The molecule has 1 atom stereocenters. The topological polar surface area (TPSA) is 71.5 Å². The first-order chi connectivity index (χ1) is 12.6. The summed E-state index contributed by atoms with van der Waals surface area (Å²) in [6.07, 6.45) is 1.82. The zero-order chi connectivity index (χ0) is 18.5. The van der Waals surface area contributed by atoms with Gasteiger partial charge in [-0.05, 0) is 18.9 Å². The third-order valence-corrected chi connectivity index (χ3v) is 5.55. The summed E-state index contributed by atoms with van der Waals surface area (Å²) in [4.78, 5) is 31.0. The normalized spacial score (nSPS) is 16.8.